The van der Waals surface area contributed by atoms with Gasteiger partial charge in [0.15, 0.2) is 0 Å². The minimum absolute atomic E-state index is 0.210. The highest BCUT2D eigenvalue weighted by atomic mass is 79.9. The third-order valence-electron chi connectivity index (χ3n) is 3.87. The Morgan fingerprint density at radius 1 is 1.17 bits per heavy atom. The lowest BCUT2D eigenvalue weighted by atomic mass is 9.98. The fraction of sp³-hybridized carbons (Fsp3) is 0.923. The van der Waals surface area contributed by atoms with Crippen LogP contribution in [0.15, 0.2) is 0 Å². The molecule has 2 fully saturated rings. The average molecular weight is 319 g/mol. The van der Waals surface area contributed by atoms with Crippen LogP contribution >= 0.6 is 15.9 Å². The Balaban J connectivity index is 1.82. The molecule has 0 N–H and O–H groups in total. The van der Waals surface area contributed by atoms with Crippen molar-refractivity contribution in [1.82, 2.24) is 9.80 Å². The normalized spacial score (nSPS) is 23.9. The molecule has 0 unspecified atom stereocenters. The molecular weight excluding hydrogens is 296 g/mol. The Labute approximate surface area is 118 Å². The van der Waals surface area contributed by atoms with E-state index in [4.69, 9.17) is 4.74 Å². The number of alkyl halides is 1. The van der Waals surface area contributed by atoms with Crippen LogP contribution in [-0.4, -0.2) is 67.0 Å². The molecule has 2 heterocycles. The predicted octanol–water partition coefficient (Wildman–Crippen LogP) is 1.34. The van der Waals surface area contributed by atoms with E-state index in [1.54, 1.807) is 0 Å². The first kappa shape index (κ1) is 14.3. The molecule has 0 saturated carbocycles. The number of carbonyl (C=O) groups excluding carboxylic acids is 1. The van der Waals surface area contributed by atoms with Crippen molar-refractivity contribution in [2.45, 2.75) is 19.3 Å². The summed E-state index contributed by atoms with van der Waals surface area (Å²) < 4.78 is 5.33. The fourth-order valence-electron chi connectivity index (χ4n) is 2.74. The van der Waals surface area contributed by atoms with Crippen LogP contribution in [0.3, 0.4) is 0 Å². The van der Waals surface area contributed by atoms with Gasteiger partial charge in [-0.15, -0.1) is 0 Å². The Hall–Kier alpha value is -0.130. The van der Waals surface area contributed by atoms with Crippen LogP contribution in [0.2, 0.25) is 0 Å². The Kier molecular flexibility index (Phi) is 5.92. The summed E-state index contributed by atoms with van der Waals surface area (Å²) >= 11 is 3.48. The van der Waals surface area contributed by atoms with Gasteiger partial charge in [-0.1, -0.05) is 15.9 Å². The molecule has 0 atom stereocenters. The Morgan fingerprint density at radius 3 is 2.67 bits per heavy atom. The SMILES string of the molecule is O=C(C1CCOCC1)N1CCCN(CCBr)CC1. The molecule has 2 aliphatic rings. The number of rotatable bonds is 3. The maximum atomic E-state index is 12.4. The van der Waals surface area contributed by atoms with Gasteiger partial charge in [0.1, 0.15) is 0 Å². The molecule has 104 valence electrons. The van der Waals surface area contributed by atoms with Crippen molar-refractivity contribution < 1.29 is 9.53 Å². The number of amides is 1. The van der Waals surface area contributed by atoms with Gasteiger partial charge in [0.25, 0.3) is 0 Å². The molecule has 2 rings (SSSR count). The van der Waals surface area contributed by atoms with Crippen molar-refractivity contribution in [2.24, 2.45) is 5.92 Å². The first-order valence-corrected chi connectivity index (χ1v) is 8.08. The molecular formula is C13H23BrN2O2. The summed E-state index contributed by atoms with van der Waals surface area (Å²) in [4.78, 5) is 16.9. The van der Waals surface area contributed by atoms with E-state index in [9.17, 15) is 4.79 Å². The second-order valence-corrected chi connectivity index (χ2v) is 5.89. The lowest BCUT2D eigenvalue weighted by Gasteiger charge is -2.28. The van der Waals surface area contributed by atoms with Crippen molar-refractivity contribution in [3.05, 3.63) is 0 Å². The standard InChI is InChI=1S/C13H23BrN2O2/c14-4-7-15-5-1-6-16(9-8-15)13(17)12-2-10-18-11-3-12/h12H,1-11H2. The first-order valence-electron chi connectivity index (χ1n) is 6.96. The summed E-state index contributed by atoms with van der Waals surface area (Å²) in [5.41, 5.74) is 0. The lowest BCUT2D eigenvalue weighted by Crippen LogP contribution is -2.40. The number of halogens is 1. The molecule has 4 nitrogen and oxygen atoms in total. The molecule has 0 aromatic rings. The third-order valence-corrected chi connectivity index (χ3v) is 4.23. The zero-order valence-electron chi connectivity index (χ0n) is 10.9. The van der Waals surface area contributed by atoms with Crippen molar-refractivity contribution in [1.29, 1.82) is 0 Å². The van der Waals surface area contributed by atoms with E-state index < -0.39 is 0 Å². The number of hydrogen-bond acceptors (Lipinski definition) is 3. The van der Waals surface area contributed by atoms with Crippen LogP contribution in [0, 0.1) is 5.92 Å². The molecule has 0 bridgehead atoms. The zero-order chi connectivity index (χ0) is 12.8. The largest absolute Gasteiger partial charge is 0.381 e. The van der Waals surface area contributed by atoms with E-state index in [0.29, 0.717) is 5.91 Å². The molecule has 1 amide bonds. The van der Waals surface area contributed by atoms with Gasteiger partial charge in [-0.3, -0.25) is 4.79 Å². The molecule has 0 aromatic carbocycles. The van der Waals surface area contributed by atoms with Gasteiger partial charge in [0.2, 0.25) is 5.91 Å². The van der Waals surface area contributed by atoms with Gasteiger partial charge < -0.3 is 14.5 Å². The maximum absolute atomic E-state index is 12.4. The van der Waals surface area contributed by atoms with E-state index in [-0.39, 0.29) is 5.92 Å². The Bertz CT molecular complexity index is 270. The number of carbonyl (C=O) groups is 1. The van der Waals surface area contributed by atoms with Crippen LogP contribution in [-0.2, 0) is 9.53 Å². The fourth-order valence-corrected chi connectivity index (χ4v) is 3.24. The molecule has 18 heavy (non-hydrogen) atoms. The molecule has 0 aromatic heterocycles. The smallest absolute Gasteiger partial charge is 0.225 e. The summed E-state index contributed by atoms with van der Waals surface area (Å²) in [5.74, 6) is 0.570. The van der Waals surface area contributed by atoms with Crippen molar-refractivity contribution in [3.8, 4) is 0 Å². The zero-order valence-corrected chi connectivity index (χ0v) is 12.5. The summed E-state index contributed by atoms with van der Waals surface area (Å²) in [6.07, 6.45) is 2.91. The molecule has 0 spiro atoms. The second kappa shape index (κ2) is 7.46. The summed E-state index contributed by atoms with van der Waals surface area (Å²) in [5, 5.41) is 1.01. The molecule has 2 saturated heterocycles. The van der Waals surface area contributed by atoms with E-state index >= 15 is 0 Å². The summed E-state index contributed by atoms with van der Waals surface area (Å²) in [7, 11) is 0. The number of ether oxygens (including phenoxy) is 1. The highest BCUT2D eigenvalue weighted by Gasteiger charge is 2.27. The molecule has 0 aliphatic carbocycles. The highest BCUT2D eigenvalue weighted by Crippen LogP contribution is 2.18. The Morgan fingerprint density at radius 2 is 1.94 bits per heavy atom. The third kappa shape index (κ3) is 3.93. The number of nitrogens with zero attached hydrogens (tertiary/aromatic N) is 2. The monoisotopic (exact) mass is 318 g/mol. The highest BCUT2D eigenvalue weighted by molar-refractivity contribution is 9.09. The maximum Gasteiger partial charge on any atom is 0.225 e. The first-order chi connectivity index (χ1) is 8.81. The van der Waals surface area contributed by atoms with Crippen LogP contribution < -0.4 is 0 Å². The lowest BCUT2D eigenvalue weighted by molar-refractivity contribution is -0.138. The van der Waals surface area contributed by atoms with Gasteiger partial charge in [0, 0.05) is 50.6 Å². The molecule has 5 heteroatoms. The second-order valence-electron chi connectivity index (χ2n) is 5.10. The summed E-state index contributed by atoms with van der Waals surface area (Å²) in [6, 6.07) is 0. The van der Waals surface area contributed by atoms with Gasteiger partial charge in [-0.05, 0) is 25.8 Å². The van der Waals surface area contributed by atoms with E-state index in [1.807, 2.05) is 0 Å². The van der Waals surface area contributed by atoms with Crippen molar-refractivity contribution in [3.63, 3.8) is 0 Å². The van der Waals surface area contributed by atoms with Crippen LogP contribution in [0.5, 0.6) is 0 Å². The number of hydrogen-bond donors (Lipinski definition) is 0. The predicted molar refractivity (Wildman–Crippen MR) is 75.0 cm³/mol. The quantitative estimate of drug-likeness (QED) is 0.736. The average Bonchev–Trinajstić information content (AvgIpc) is 2.65. The van der Waals surface area contributed by atoms with Crippen molar-refractivity contribution >= 4 is 21.8 Å². The van der Waals surface area contributed by atoms with Gasteiger partial charge >= 0.3 is 0 Å². The molecule has 2 aliphatic heterocycles. The van der Waals surface area contributed by atoms with Crippen LogP contribution in [0.4, 0.5) is 0 Å². The van der Waals surface area contributed by atoms with E-state index in [2.05, 4.69) is 25.7 Å². The van der Waals surface area contributed by atoms with Crippen LogP contribution in [0.25, 0.3) is 0 Å². The van der Waals surface area contributed by atoms with Gasteiger partial charge in [-0.2, -0.15) is 0 Å². The van der Waals surface area contributed by atoms with Gasteiger partial charge in [0.05, 0.1) is 0 Å². The van der Waals surface area contributed by atoms with E-state index in [0.717, 1.165) is 70.5 Å². The molecule has 0 radical (unpaired) electrons. The van der Waals surface area contributed by atoms with Crippen molar-refractivity contribution in [2.75, 3.05) is 51.3 Å². The van der Waals surface area contributed by atoms with Gasteiger partial charge in [-0.25, -0.2) is 0 Å². The minimum atomic E-state index is 0.210. The van der Waals surface area contributed by atoms with Crippen LogP contribution in [0.1, 0.15) is 19.3 Å². The summed E-state index contributed by atoms with van der Waals surface area (Å²) in [6.45, 7) is 6.53. The topological polar surface area (TPSA) is 32.8 Å². The minimum Gasteiger partial charge on any atom is -0.381 e. The van der Waals surface area contributed by atoms with E-state index in [1.165, 1.54) is 0 Å².